The van der Waals surface area contributed by atoms with Gasteiger partial charge >= 0.3 is 0 Å². The van der Waals surface area contributed by atoms with E-state index in [9.17, 15) is 9.90 Å². The lowest BCUT2D eigenvalue weighted by molar-refractivity contribution is -0.119. The number of nitrogens with zero attached hydrogens (tertiary/aromatic N) is 1. The van der Waals surface area contributed by atoms with Crippen molar-refractivity contribution in [2.24, 2.45) is 5.41 Å². The molecule has 1 aliphatic heterocycles. The summed E-state index contributed by atoms with van der Waals surface area (Å²) in [5.41, 5.74) is 2.82. The van der Waals surface area contributed by atoms with Crippen LogP contribution in [0.2, 0.25) is 0 Å². The topological polar surface area (TPSA) is 37.3 Å². The van der Waals surface area contributed by atoms with Crippen LogP contribution in [0.3, 0.4) is 0 Å². The average molecular weight is 322 g/mol. The van der Waals surface area contributed by atoms with Crippen molar-refractivity contribution in [3.8, 4) is 0 Å². The van der Waals surface area contributed by atoms with Gasteiger partial charge in [0.15, 0.2) is 11.8 Å². The zero-order valence-corrected chi connectivity index (χ0v) is 14.8. The van der Waals surface area contributed by atoms with Crippen LogP contribution in [0.15, 0.2) is 47.7 Å². The van der Waals surface area contributed by atoms with Crippen LogP contribution in [-0.4, -0.2) is 25.0 Å². The van der Waals surface area contributed by atoms with Crippen LogP contribution in [0.25, 0.3) is 10.8 Å². The molecule has 0 unspecified atom stereocenters. The van der Waals surface area contributed by atoms with Gasteiger partial charge in [-0.3, -0.25) is 9.28 Å². The summed E-state index contributed by atoms with van der Waals surface area (Å²) in [6, 6.07) is 12.5. The summed E-state index contributed by atoms with van der Waals surface area (Å²) >= 11 is 0. The maximum absolute atomic E-state index is 12.9. The van der Waals surface area contributed by atoms with Crippen molar-refractivity contribution in [2.45, 2.75) is 32.7 Å². The first kappa shape index (κ1) is 15.4. The van der Waals surface area contributed by atoms with E-state index < -0.39 is 0 Å². The standard InChI is InChI=1S/C21H23NO2/c1-21(2)11-16(23)19(17(24)12-21)20-14-9-5-7-13-8-6-10-15(18(13)14)22(20,3)4/h5-10,20H,11-12H2,1-4H3/p+1/t20-/m0/s1. The minimum absolute atomic E-state index is 0.0877. The lowest BCUT2D eigenvalue weighted by atomic mass is 9.74. The highest BCUT2D eigenvalue weighted by atomic mass is 16.3. The van der Waals surface area contributed by atoms with Gasteiger partial charge in [-0.2, -0.15) is 0 Å². The molecular weight excluding hydrogens is 298 g/mol. The molecule has 0 aromatic heterocycles. The maximum Gasteiger partial charge on any atom is 0.169 e. The first-order chi connectivity index (χ1) is 11.2. The molecule has 1 aliphatic carbocycles. The normalized spacial score (nSPS) is 24.7. The van der Waals surface area contributed by atoms with Gasteiger partial charge in [-0.25, -0.2) is 0 Å². The molecule has 2 aromatic rings. The van der Waals surface area contributed by atoms with Gasteiger partial charge in [0.2, 0.25) is 0 Å². The Morgan fingerprint density at radius 2 is 1.75 bits per heavy atom. The largest absolute Gasteiger partial charge is 0.512 e. The molecule has 0 spiro atoms. The van der Waals surface area contributed by atoms with E-state index in [0.717, 1.165) is 5.56 Å². The Kier molecular flexibility index (Phi) is 3.02. The van der Waals surface area contributed by atoms with Gasteiger partial charge in [-0.15, -0.1) is 0 Å². The fraction of sp³-hybridized carbons (Fsp3) is 0.381. The Labute approximate surface area is 142 Å². The molecule has 4 rings (SSSR count). The van der Waals surface area contributed by atoms with E-state index in [2.05, 4.69) is 50.5 Å². The molecule has 1 N–H and O–H groups in total. The monoisotopic (exact) mass is 322 g/mol. The number of quaternary nitrogens is 1. The van der Waals surface area contributed by atoms with Crippen molar-refractivity contribution >= 4 is 22.2 Å². The molecule has 3 nitrogen and oxygen atoms in total. The minimum atomic E-state index is -0.167. The molecule has 2 aliphatic rings. The predicted octanol–water partition coefficient (Wildman–Crippen LogP) is 4.66. The Morgan fingerprint density at radius 3 is 2.42 bits per heavy atom. The van der Waals surface area contributed by atoms with E-state index in [1.807, 2.05) is 13.8 Å². The number of aliphatic hydroxyl groups is 1. The fourth-order valence-electron chi connectivity index (χ4n) is 4.64. The summed E-state index contributed by atoms with van der Waals surface area (Å²) in [4.78, 5) is 12.9. The molecular formula is C21H24NO2+. The average Bonchev–Trinajstić information content (AvgIpc) is 2.69. The van der Waals surface area contributed by atoms with Gasteiger partial charge < -0.3 is 5.11 Å². The van der Waals surface area contributed by atoms with Crippen molar-refractivity contribution in [2.75, 3.05) is 14.1 Å². The Hall–Kier alpha value is -2.13. The van der Waals surface area contributed by atoms with Crippen LogP contribution >= 0.6 is 0 Å². The van der Waals surface area contributed by atoms with Crippen LogP contribution in [-0.2, 0) is 4.79 Å². The van der Waals surface area contributed by atoms with Crippen molar-refractivity contribution in [3.05, 3.63) is 53.3 Å². The van der Waals surface area contributed by atoms with Gasteiger partial charge in [0.05, 0.1) is 25.1 Å². The summed E-state index contributed by atoms with van der Waals surface area (Å²) in [5, 5.41) is 13.2. The molecule has 3 heteroatoms. The Bertz CT molecular complexity index is 900. The Morgan fingerprint density at radius 1 is 1.08 bits per heavy atom. The maximum atomic E-state index is 12.9. The van der Waals surface area contributed by atoms with E-state index >= 15 is 0 Å². The second kappa shape index (κ2) is 4.70. The molecule has 0 saturated heterocycles. The van der Waals surface area contributed by atoms with Crippen molar-refractivity contribution in [3.63, 3.8) is 0 Å². The summed E-state index contributed by atoms with van der Waals surface area (Å²) in [5.74, 6) is 0.363. The van der Waals surface area contributed by atoms with Crippen LogP contribution in [0.5, 0.6) is 0 Å². The zero-order valence-electron chi connectivity index (χ0n) is 14.8. The summed E-state index contributed by atoms with van der Waals surface area (Å²) < 4.78 is 0.572. The lowest BCUT2D eigenvalue weighted by Crippen LogP contribution is -2.45. The molecule has 24 heavy (non-hydrogen) atoms. The number of Topliss-reactive ketones (excluding diaryl/α,β-unsaturated/α-hetero) is 1. The second-order valence-corrected chi connectivity index (χ2v) is 8.47. The highest BCUT2D eigenvalue weighted by molar-refractivity contribution is 6.05. The molecule has 0 saturated carbocycles. The smallest absolute Gasteiger partial charge is 0.169 e. The van der Waals surface area contributed by atoms with E-state index in [1.54, 1.807) is 0 Å². The molecule has 0 amide bonds. The highest BCUT2D eigenvalue weighted by Crippen LogP contribution is 2.52. The first-order valence-electron chi connectivity index (χ1n) is 8.53. The van der Waals surface area contributed by atoms with Crippen LogP contribution in [0, 0.1) is 5.41 Å². The molecule has 1 atom stereocenters. The third-order valence-electron chi connectivity index (χ3n) is 5.65. The van der Waals surface area contributed by atoms with E-state index in [1.165, 1.54) is 16.5 Å². The van der Waals surface area contributed by atoms with E-state index in [0.29, 0.717) is 22.9 Å². The second-order valence-electron chi connectivity index (χ2n) is 8.47. The Balaban J connectivity index is 1.98. The summed E-state index contributed by atoms with van der Waals surface area (Å²) in [6.07, 6.45) is 1.06. The van der Waals surface area contributed by atoms with Gasteiger partial charge in [-0.1, -0.05) is 44.2 Å². The number of benzene rings is 2. The van der Waals surface area contributed by atoms with Gasteiger partial charge in [0.25, 0.3) is 0 Å². The molecule has 0 fully saturated rings. The van der Waals surface area contributed by atoms with E-state index in [4.69, 9.17) is 0 Å². The number of rotatable bonds is 1. The number of carbonyl (C=O) groups excluding carboxylic acids is 1. The third-order valence-corrected chi connectivity index (χ3v) is 5.65. The SMILES string of the molecule is CC1(C)CC(=O)C([C@@H]2c3cccc4cccc(c34)[N+]2(C)C)=C(O)C1. The summed E-state index contributed by atoms with van der Waals surface area (Å²) in [6.45, 7) is 4.09. The van der Waals surface area contributed by atoms with Crippen LogP contribution < -0.4 is 4.48 Å². The number of ketones is 1. The fourth-order valence-corrected chi connectivity index (χ4v) is 4.64. The number of aliphatic hydroxyl groups excluding tert-OH is 1. The third kappa shape index (κ3) is 1.97. The predicted molar refractivity (Wildman–Crippen MR) is 98.0 cm³/mol. The molecule has 2 aromatic carbocycles. The number of carbonyl (C=O) groups is 1. The highest BCUT2D eigenvalue weighted by Gasteiger charge is 2.49. The zero-order chi connectivity index (χ0) is 17.3. The number of hydrogen-bond donors (Lipinski definition) is 1. The van der Waals surface area contributed by atoms with Crippen molar-refractivity contribution < 1.29 is 9.90 Å². The van der Waals surface area contributed by atoms with E-state index in [-0.39, 0.29) is 23.0 Å². The molecule has 0 bridgehead atoms. The summed E-state index contributed by atoms with van der Waals surface area (Å²) in [7, 11) is 4.26. The number of hydrogen-bond acceptors (Lipinski definition) is 2. The van der Waals surface area contributed by atoms with Gasteiger partial charge in [0.1, 0.15) is 11.4 Å². The van der Waals surface area contributed by atoms with Crippen LogP contribution in [0.1, 0.15) is 38.3 Å². The van der Waals surface area contributed by atoms with Gasteiger partial charge in [-0.05, 0) is 16.9 Å². The molecule has 124 valence electrons. The van der Waals surface area contributed by atoms with Crippen LogP contribution in [0.4, 0.5) is 5.69 Å². The number of allylic oxidation sites excluding steroid dienone is 1. The first-order valence-corrected chi connectivity index (χ1v) is 8.53. The quantitative estimate of drug-likeness (QED) is 0.775. The molecule has 1 heterocycles. The molecule has 0 radical (unpaired) electrons. The minimum Gasteiger partial charge on any atom is -0.512 e. The number of likely N-dealkylation sites (N-methyl/N-ethyl adjacent to an activating group) is 1. The van der Waals surface area contributed by atoms with Crippen molar-refractivity contribution in [1.82, 2.24) is 4.48 Å². The lowest BCUT2D eigenvalue weighted by Gasteiger charge is -2.37. The van der Waals surface area contributed by atoms with Gasteiger partial charge in [0, 0.05) is 18.4 Å². The van der Waals surface area contributed by atoms with Crippen molar-refractivity contribution in [1.29, 1.82) is 0 Å².